The fourth-order valence-corrected chi connectivity index (χ4v) is 3.57. The molecule has 2 aromatic rings. The van der Waals surface area contributed by atoms with Crippen molar-refractivity contribution >= 4 is 29.2 Å². The van der Waals surface area contributed by atoms with Crippen LogP contribution < -0.4 is 15.4 Å². The molecule has 2 N–H and O–H groups in total. The minimum Gasteiger partial charge on any atom is -0.494 e. The number of hydrogen-bond donors (Lipinski definition) is 2. The fraction of sp³-hybridized carbons (Fsp3) is 0.348. The van der Waals surface area contributed by atoms with Crippen LogP contribution in [0.15, 0.2) is 42.5 Å². The van der Waals surface area contributed by atoms with Crippen LogP contribution in [0.1, 0.15) is 38.8 Å². The highest BCUT2D eigenvalue weighted by Gasteiger charge is 2.49. The largest absolute Gasteiger partial charge is 0.494 e. The first kappa shape index (κ1) is 23.7. The molecule has 4 amide bonds. The van der Waals surface area contributed by atoms with E-state index in [-0.39, 0.29) is 22.5 Å². The van der Waals surface area contributed by atoms with Crippen LogP contribution in [0, 0.1) is 10.1 Å². The number of carbonyl (C=O) groups is 3. The zero-order valence-corrected chi connectivity index (χ0v) is 19.1. The van der Waals surface area contributed by atoms with Gasteiger partial charge in [-0.1, -0.05) is 45.0 Å². The second-order valence-electron chi connectivity index (χ2n) is 8.96. The number of benzene rings is 2. The number of rotatable bonds is 6. The zero-order chi connectivity index (χ0) is 24.6. The summed E-state index contributed by atoms with van der Waals surface area (Å²) < 4.78 is 5.09. The first-order chi connectivity index (χ1) is 15.4. The van der Waals surface area contributed by atoms with Crippen molar-refractivity contribution in [3.05, 3.63) is 63.7 Å². The van der Waals surface area contributed by atoms with Crippen molar-refractivity contribution in [3.8, 4) is 5.75 Å². The van der Waals surface area contributed by atoms with E-state index >= 15 is 0 Å². The van der Waals surface area contributed by atoms with Gasteiger partial charge in [0.2, 0.25) is 5.91 Å². The van der Waals surface area contributed by atoms with E-state index in [2.05, 4.69) is 31.4 Å². The summed E-state index contributed by atoms with van der Waals surface area (Å²) in [5, 5.41) is 16.1. The average Bonchev–Trinajstić information content (AvgIpc) is 2.97. The van der Waals surface area contributed by atoms with Gasteiger partial charge in [0, 0.05) is 6.07 Å². The molecule has 174 valence electrons. The Morgan fingerprint density at radius 3 is 2.36 bits per heavy atom. The van der Waals surface area contributed by atoms with E-state index in [4.69, 9.17) is 4.74 Å². The van der Waals surface area contributed by atoms with Gasteiger partial charge in [-0.15, -0.1) is 0 Å². The molecule has 1 heterocycles. The van der Waals surface area contributed by atoms with Crippen LogP contribution >= 0.6 is 0 Å². The number of urea groups is 1. The fourth-order valence-electron chi connectivity index (χ4n) is 3.57. The molecule has 1 atom stereocenters. The number of imide groups is 1. The van der Waals surface area contributed by atoms with Gasteiger partial charge in [0.25, 0.3) is 11.6 Å². The number of nitrogens with zero attached hydrogens (tertiary/aromatic N) is 2. The highest BCUT2D eigenvalue weighted by Crippen LogP contribution is 2.32. The summed E-state index contributed by atoms with van der Waals surface area (Å²) >= 11 is 0. The van der Waals surface area contributed by atoms with Gasteiger partial charge in [-0.3, -0.25) is 24.6 Å². The Kier molecular flexibility index (Phi) is 6.13. The molecule has 0 aliphatic carbocycles. The predicted molar refractivity (Wildman–Crippen MR) is 121 cm³/mol. The quantitative estimate of drug-likeness (QED) is 0.391. The topological polar surface area (TPSA) is 131 Å². The third-order valence-electron chi connectivity index (χ3n) is 5.57. The third-order valence-corrected chi connectivity index (χ3v) is 5.57. The number of carbonyl (C=O) groups excluding carboxylic acids is 3. The van der Waals surface area contributed by atoms with Crippen molar-refractivity contribution in [1.82, 2.24) is 10.2 Å². The number of nitro groups is 1. The van der Waals surface area contributed by atoms with Crippen LogP contribution in [-0.4, -0.2) is 41.3 Å². The number of nitrogens with one attached hydrogen (secondary N) is 2. The summed E-state index contributed by atoms with van der Waals surface area (Å²) in [4.78, 5) is 49.4. The number of non-ortho nitro benzene ring substituents is 1. The SMILES string of the molecule is COc1cc([N+](=O)[O-])ccc1NC(=O)CN1C(=O)NC(C)(c2ccc(C(C)(C)C)cc2)C1=O. The Hall–Kier alpha value is -3.95. The molecule has 1 fully saturated rings. The molecule has 10 nitrogen and oxygen atoms in total. The predicted octanol–water partition coefficient (Wildman–Crippen LogP) is 3.31. The smallest absolute Gasteiger partial charge is 0.325 e. The highest BCUT2D eigenvalue weighted by atomic mass is 16.6. The molecule has 1 saturated heterocycles. The average molecular weight is 454 g/mol. The second kappa shape index (κ2) is 8.53. The monoisotopic (exact) mass is 454 g/mol. The summed E-state index contributed by atoms with van der Waals surface area (Å²) in [6.45, 7) is 7.29. The molecule has 10 heteroatoms. The van der Waals surface area contributed by atoms with Gasteiger partial charge in [-0.05, 0) is 29.5 Å². The molecule has 0 spiro atoms. The van der Waals surface area contributed by atoms with Crippen molar-refractivity contribution in [2.24, 2.45) is 0 Å². The van der Waals surface area contributed by atoms with Gasteiger partial charge in [0.15, 0.2) is 0 Å². The minimum atomic E-state index is -1.31. The van der Waals surface area contributed by atoms with E-state index in [1.807, 2.05) is 12.1 Å². The number of ether oxygens (including phenoxy) is 1. The van der Waals surface area contributed by atoms with E-state index < -0.39 is 34.9 Å². The summed E-state index contributed by atoms with van der Waals surface area (Å²) in [5.74, 6) is -1.13. The van der Waals surface area contributed by atoms with Crippen LogP contribution in [0.25, 0.3) is 0 Å². The molecule has 0 radical (unpaired) electrons. The van der Waals surface area contributed by atoms with Crippen LogP contribution in [0.2, 0.25) is 0 Å². The molecule has 0 bridgehead atoms. The Morgan fingerprint density at radius 2 is 1.82 bits per heavy atom. The first-order valence-electron chi connectivity index (χ1n) is 10.2. The van der Waals surface area contributed by atoms with Crippen LogP contribution in [-0.2, 0) is 20.5 Å². The van der Waals surface area contributed by atoms with Crippen LogP contribution in [0.3, 0.4) is 0 Å². The van der Waals surface area contributed by atoms with E-state index in [1.165, 1.54) is 25.3 Å². The van der Waals surface area contributed by atoms with Crippen molar-refractivity contribution in [2.45, 2.75) is 38.6 Å². The van der Waals surface area contributed by atoms with Gasteiger partial charge >= 0.3 is 6.03 Å². The molecule has 0 saturated carbocycles. The number of nitro benzene ring substituents is 1. The van der Waals surface area contributed by atoms with Gasteiger partial charge < -0.3 is 15.4 Å². The van der Waals surface area contributed by atoms with Crippen molar-refractivity contribution in [1.29, 1.82) is 0 Å². The maximum atomic E-state index is 13.1. The van der Waals surface area contributed by atoms with Crippen LogP contribution in [0.4, 0.5) is 16.2 Å². The number of methoxy groups -OCH3 is 1. The molecular formula is C23H26N4O6. The molecule has 2 aromatic carbocycles. The molecule has 1 aliphatic rings. The highest BCUT2D eigenvalue weighted by molar-refractivity contribution is 6.10. The van der Waals surface area contributed by atoms with Crippen molar-refractivity contribution < 1.29 is 24.0 Å². The first-order valence-corrected chi connectivity index (χ1v) is 10.2. The lowest BCUT2D eigenvalue weighted by Crippen LogP contribution is -2.42. The maximum absolute atomic E-state index is 13.1. The Morgan fingerprint density at radius 1 is 1.18 bits per heavy atom. The summed E-state index contributed by atoms with van der Waals surface area (Å²) in [6.07, 6.45) is 0. The lowest BCUT2D eigenvalue weighted by molar-refractivity contribution is -0.384. The molecule has 0 aromatic heterocycles. The number of anilines is 1. The standard InChI is InChI=1S/C23H26N4O6/c1-22(2,3)14-6-8-15(9-7-14)23(4)20(29)26(21(30)25-23)13-19(28)24-17-11-10-16(27(31)32)12-18(17)33-5/h6-12H,13H2,1-5H3,(H,24,28)(H,25,30). The number of amides is 4. The zero-order valence-electron chi connectivity index (χ0n) is 19.1. The van der Waals surface area contributed by atoms with E-state index in [1.54, 1.807) is 19.1 Å². The molecular weight excluding hydrogens is 428 g/mol. The summed E-state index contributed by atoms with van der Waals surface area (Å²) in [6, 6.07) is 10.4. The number of hydrogen-bond acceptors (Lipinski definition) is 6. The maximum Gasteiger partial charge on any atom is 0.325 e. The molecule has 1 unspecified atom stereocenters. The minimum absolute atomic E-state index is 0.0641. The molecule has 3 rings (SSSR count). The van der Waals surface area contributed by atoms with E-state index in [0.717, 1.165) is 10.5 Å². The van der Waals surface area contributed by atoms with Crippen molar-refractivity contribution in [3.63, 3.8) is 0 Å². The Balaban J connectivity index is 1.76. The van der Waals surface area contributed by atoms with Gasteiger partial charge in [-0.2, -0.15) is 0 Å². The van der Waals surface area contributed by atoms with Crippen molar-refractivity contribution in [2.75, 3.05) is 19.0 Å². The van der Waals surface area contributed by atoms with Crippen LogP contribution in [0.5, 0.6) is 5.75 Å². The Bertz CT molecular complexity index is 1120. The Labute approximate surface area is 191 Å². The molecule has 33 heavy (non-hydrogen) atoms. The van der Waals surface area contributed by atoms with Gasteiger partial charge in [-0.25, -0.2) is 4.79 Å². The van der Waals surface area contributed by atoms with Gasteiger partial charge in [0.05, 0.1) is 23.8 Å². The lowest BCUT2D eigenvalue weighted by Gasteiger charge is -2.24. The summed E-state index contributed by atoms with van der Waals surface area (Å²) in [5.41, 5.74) is 0.297. The summed E-state index contributed by atoms with van der Waals surface area (Å²) in [7, 11) is 1.31. The normalized spacial score (nSPS) is 18.2. The van der Waals surface area contributed by atoms with E-state index in [9.17, 15) is 24.5 Å². The molecule has 1 aliphatic heterocycles. The van der Waals surface area contributed by atoms with E-state index in [0.29, 0.717) is 5.56 Å². The second-order valence-corrected chi connectivity index (χ2v) is 8.96. The third kappa shape index (κ3) is 4.64. The lowest BCUT2D eigenvalue weighted by atomic mass is 9.84. The van der Waals surface area contributed by atoms with Gasteiger partial charge in [0.1, 0.15) is 17.8 Å².